The van der Waals surface area contributed by atoms with Gasteiger partial charge in [-0.2, -0.15) is 4.31 Å². The van der Waals surface area contributed by atoms with Crippen LogP contribution in [0.2, 0.25) is 5.02 Å². The van der Waals surface area contributed by atoms with Gasteiger partial charge in [0.1, 0.15) is 10.6 Å². The first-order valence-corrected chi connectivity index (χ1v) is 9.60. The maximum atomic E-state index is 13.2. The molecule has 0 aliphatic heterocycles. The second kappa shape index (κ2) is 8.64. The number of amides is 1. The maximum absolute atomic E-state index is 13.2. The van der Waals surface area contributed by atoms with Gasteiger partial charge in [0.25, 0.3) is 0 Å². The standard InChI is InChI=1S/C17H17ClF2N2O4S/c1-3-26-15-7-4-11(18)8-16(15)27(24,25)22(2)10-17(23)21-12-5-6-13(19)14(20)9-12/h4-9H,3,10H2,1-2H3,(H,21,23). The van der Waals surface area contributed by atoms with Gasteiger partial charge < -0.3 is 10.1 Å². The topological polar surface area (TPSA) is 75.7 Å². The van der Waals surface area contributed by atoms with Crippen molar-refractivity contribution in [2.24, 2.45) is 0 Å². The normalized spacial score (nSPS) is 11.5. The predicted molar refractivity (Wildman–Crippen MR) is 97.4 cm³/mol. The van der Waals surface area contributed by atoms with E-state index in [4.69, 9.17) is 16.3 Å². The van der Waals surface area contributed by atoms with Crippen LogP contribution < -0.4 is 10.1 Å². The fourth-order valence-electron chi connectivity index (χ4n) is 2.19. The van der Waals surface area contributed by atoms with Crippen LogP contribution in [-0.4, -0.2) is 38.8 Å². The first-order chi connectivity index (χ1) is 12.6. The Morgan fingerprint density at radius 3 is 2.52 bits per heavy atom. The average Bonchev–Trinajstić information content (AvgIpc) is 2.59. The van der Waals surface area contributed by atoms with Crippen molar-refractivity contribution in [3.8, 4) is 5.75 Å². The van der Waals surface area contributed by atoms with Crippen LogP contribution in [0.15, 0.2) is 41.3 Å². The lowest BCUT2D eigenvalue weighted by molar-refractivity contribution is -0.116. The van der Waals surface area contributed by atoms with Crippen molar-refractivity contribution in [3.63, 3.8) is 0 Å². The van der Waals surface area contributed by atoms with Gasteiger partial charge in [-0.05, 0) is 37.3 Å². The number of hydrogen-bond donors (Lipinski definition) is 1. The van der Waals surface area contributed by atoms with Gasteiger partial charge in [0.2, 0.25) is 15.9 Å². The fourth-order valence-corrected chi connectivity index (χ4v) is 3.70. The van der Waals surface area contributed by atoms with Gasteiger partial charge in [0.15, 0.2) is 11.6 Å². The molecule has 0 unspecified atom stereocenters. The van der Waals surface area contributed by atoms with Crippen molar-refractivity contribution in [1.29, 1.82) is 0 Å². The molecule has 6 nitrogen and oxygen atoms in total. The minimum atomic E-state index is -4.09. The molecular formula is C17H17ClF2N2O4S. The number of anilines is 1. The highest BCUT2D eigenvalue weighted by atomic mass is 35.5. The molecule has 0 fully saturated rings. The number of rotatable bonds is 7. The number of carbonyl (C=O) groups excluding carboxylic acids is 1. The first-order valence-electron chi connectivity index (χ1n) is 7.78. The zero-order chi connectivity index (χ0) is 20.2. The third-order valence-corrected chi connectivity index (χ3v) is 5.52. The number of sulfonamides is 1. The van der Waals surface area contributed by atoms with Gasteiger partial charge in [-0.15, -0.1) is 0 Å². The Morgan fingerprint density at radius 2 is 1.89 bits per heavy atom. The summed E-state index contributed by atoms with van der Waals surface area (Å²) >= 11 is 5.88. The van der Waals surface area contributed by atoms with Crippen LogP contribution in [0.5, 0.6) is 5.75 Å². The predicted octanol–water partition coefficient (Wildman–Crippen LogP) is 3.28. The summed E-state index contributed by atoms with van der Waals surface area (Å²) in [4.78, 5) is 11.9. The lowest BCUT2D eigenvalue weighted by Crippen LogP contribution is -2.35. The molecule has 0 saturated carbocycles. The van der Waals surface area contributed by atoms with Crippen molar-refractivity contribution < 1.29 is 26.7 Å². The van der Waals surface area contributed by atoms with E-state index in [-0.39, 0.29) is 28.0 Å². The van der Waals surface area contributed by atoms with Crippen molar-refractivity contribution >= 4 is 33.2 Å². The van der Waals surface area contributed by atoms with Gasteiger partial charge in [-0.3, -0.25) is 4.79 Å². The maximum Gasteiger partial charge on any atom is 0.247 e. The van der Waals surface area contributed by atoms with Crippen LogP contribution in [-0.2, 0) is 14.8 Å². The van der Waals surface area contributed by atoms with Crippen LogP contribution in [0.1, 0.15) is 6.92 Å². The number of benzene rings is 2. The highest BCUT2D eigenvalue weighted by molar-refractivity contribution is 7.89. The second-order valence-corrected chi connectivity index (χ2v) is 7.91. The minimum Gasteiger partial charge on any atom is -0.492 e. The summed E-state index contributed by atoms with van der Waals surface area (Å²) in [5.41, 5.74) is 0.00228. The third-order valence-electron chi connectivity index (χ3n) is 3.46. The van der Waals surface area contributed by atoms with Gasteiger partial charge >= 0.3 is 0 Å². The molecule has 0 aliphatic carbocycles. The van der Waals surface area contributed by atoms with E-state index in [2.05, 4.69) is 5.32 Å². The van der Waals surface area contributed by atoms with E-state index in [1.807, 2.05) is 0 Å². The molecule has 2 rings (SSSR count). The molecular weight excluding hydrogens is 402 g/mol. The summed E-state index contributed by atoms with van der Waals surface area (Å²) in [5.74, 6) is -2.81. The van der Waals surface area contributed by atoms with Gasteiger partial charge in [-0.25, -0.2) is 17.2 Å². The molecule has 10 heteroatoms. The monoisotopic (exact) mass is 418 g/mol. The zero-order valence-corrected chi connectivity index (χ0v) is 16.1. The van der Waals surface area contributed by atoms with Gasteiger partial charge in [-0.1, -0.05) is 11.6 Å². The largest absolute Gasteiger partial charge is 0.492 e. The Balaban J connectivity index is 2.18. The molecule has 2 aromatic rings. The molecule has 2 aromatic carbocycles. The van der Waals surface area contributed by atoms with E-state index in [9.17, 15) is 22.0 Å². The molecule has 146 valence electrons. The zero-order valence-electron chi connectivity index (χ0n) is 14.5. The van der Waals surface area contributed by atoms with E-state index >= 15 is 0 Å². The van der Waals surface area contributed by atoms with Crippen LogP contribution in [0.3, 0.4) is 0 Å². The Labute approximate surface area is 160 Å². The summed E-state index contributed by atoms with van der Waals surface area (Å²) < 4.78 is 57.8. The Morgan fingerprint density at radius 1 is 1.19 bits per heavy atom. The molecule has 0 radical (unpaired) electrons. The average molecular weight is 419 g/mol. The number of nitrogens with one attached hydrogen (secondary N) is 1. The highest BCUT2D eigenvalue weighted by Gasteiger charge is 2.27. The summed E-state index contributed by atoms with van der Waals surface area (Å²) in [7, 11) is -2.88. The molecule has 0 bridgehead atoms. The van der Waals surface area contributed by atoms with Crippen LogP contribution in [0.4, 0.5) is 14.5 Å². The van der Waals surface area contributed by atoms with E-state index < -0.39 is 34.1 Å². The molecule has 1 N–H and O–H groups in total. The minimum absolute atomic E-state index is 0.00228. The molecule has 0 spiro atoms. The molecule has 0 saturated heterocycles. The van der Waals surface area contributed by atoms with Crippen molar-refractivity contribution in [1.82, 2.24) is 4.31 Å². The quantitative estimate of drug-likeness (QED) is 0.748. The number of halogens is 3. The number of carbonyl (C=O) groups is 1. The summed E-state index contributed by atoms with van der Waals surface area (Å²) in [5, 5.41) is 2.50. The molecule has 0 heterocycles. The second-order valence-electron chi connectivity index (χ2n) is 5.46. The molecule has 0 aromatic heterocycles. The van der Waals surface area contributed by atoms with Crippen molar-refractivity contribution in [2.45, 2.75) is 11.8 Å². The van der Waals surface area contributed by atoms with Gasteiger partial charge in [0.05, 0.1) is 13.2 Å². The van der Waals surface area contributed by atoms with E-state index in [1.54, 1.807) is 6.92 Å². The van der Waals surface area contributed by atoms with Crippen LogP contribution in [0.25, 0.3) is 0 Å². The summed E-state index contributed by atoms with van der Waals surface area (Å²) in [6.07, 6.45) is 0. The van der Waals surface area contributed by atoms with Gasteiger partial charge in [0, 0.05) is 23.8 Å². The van der Waals surface area contributed by atoms with Crippen molar-refractivity contribution in [3.05, 3.63) is 53.1 Å². The number of ether oxygens (including phenoxy) is 1. The Bertz CT molecular complexity index is 954. The van der Waals surface area contributed by atoms with E-state index in [0.29, 0.717) is 0 Å². The molecule has 27 heavy (non-hydrogen) atoms. The molecule has 0 atom stereocenters. The number of likely N-dealkylation sites (N-methyl/N-ethyl adjacent to an activating group) is 1. The van der Waals surface area contributed by atoms with E-state index in [1.165, 1.54) is 25.2 Å². The lowest BCUT2D eigenvalue weighted by Gasteiger charge is -2.19. The van der Waals surface area contributed by atoms with E-state index in [0.717, 1.165) is 22.5 Å². The molecule has 1 amide bonds. The third kappa shape index (κ3) is 5.15. The van der Waals surface area contributed by atoms with Crippen LogP contribution >= 0.6 is 11.6 Å². The Kier molecular flexibility index (Phi) is 6.74. The van der Waals surface area contributed by atoms with Crippen molar-refractivity contribution in [2.75, 3.05) is 25.5 Å². The molecule has 0 aliphatic rings. The smallest absolute Gasteiger partial charge is 0.247 e. The highest BCUT2D eigenvalue weighted by Crippen LogP contribution is 2.29. The van der Waals surface area contributed by atoms with Crippen LogP contribution in [0, 0.1) is 11.6 Å². The lowest BCUT2D eigenvalue weighted by atomic mass is 10.3. The number of nitrogens with zero attached hydrogens (tertiary/aromatic N) is 1. The summed E-state index contributed by atoms with van der Waals surface area (Å²) in [6, 6.07) is 6.95. The SMILES string of the molecule is CCOc1ccc(Cl)cc1S(=O)(=O)N(C)CC(=O)Nc1ccc(F)c(F)c1. The summed E-state index contributed by atoms with van der Waals surface area (Å²) in [6.45, 7) is 1.38. The first kappa shape index (κ1) is 21.1. The Hall–Kier alpha value is -2.23. The number of hydrogen-bond acceptors (Lipinski definition) is 4. The fraction of sp³-hybridized carbons (Fsp3) is 0.235.